The number of hydrogen-bond donors (Lipinski definition) is 1. The highest BCUT2D eigenvalue weighted by molar-refractivity contribution is 9.10. The topological polar surface area (TPSA) is 41.6 Å². The van der Waals surface area contributed by atoms with Crippen molar-refractivity contribution >= 4 is 39.3 Å². The van der Waals surface area contributed by atoms with Crippen LogP contribution in [0.25, 0.3) is 0 Å². The first-order valence-electron chi connectivity index (χ1n) is 9.29. The van der Waals surface area contributed by atoms with Gasteiger partial charge in [0, 0.05) is 39.6 Å². The van der Waals surface area contributed by atoms with Gasteiger partial charge in [0.05, 0.1) is 12.6 Å². The summed E-state index contributed by atoms with van der Waals surface area (Å²) >= 11 is 5.15. The van der Waals surface area contributed by atoms with Gasteiger partial charge in [0.2, 0.25) is 5.91 Å². The van der Waals surface area contributed by atoms with Crippen molar-refractivity contribution < 1.29 is 9.53 Å². The standard InChI is InChI=1S/C21H25BrN2O2S/c1-2-26-18-11-13-24(14-12-18)15-21(25)23-17-5-9-20(10-6-17)27-19-7-3-16(22)4-8-19/h3-10,18H,2,11-15H2,1H3,(H,23,25). The Morgan fingerprint density at radius 1 is 1.11 bits per heavy atom. The monoisotopic (exact) mass is 448 g/mol. The van der Waals surface area contributed by atoms with E-state index in [4.69, 9.17) is 4.74 Å². The number of ether oxygens (including phenoxy) is 1. The average molecular weight is 449 g/mol. The van der Waals surface area contributed by atoms with Crippen molar-refractivity contribution in [2.45, 2.75) is 35.7 Å². The number of anilines is 1. The van der Waals surface area contributed by atoms with Crippen LogP contribution < -0.4 is 5.32 Å². The van der Waals surface area contributed by atoms with Crippen LogP contribution in [0.15, 0.2) is 62.8 Å². The molecule has 0 atom stereocenters. The second-order valence-electron chi connectivity index (χ2n) is 6.56. The van der Waals surface area contributed by atoms with Gasteiger partial charge in [-0.15, -0.1) is 0 Å². The summed E-state index contributed by atoms with van der Waals surface area (Å²) < 4.78 is 6.74. The highest BCUT2D eigenvalue weighted by Crippen LogP contribution is 2.29. The quantitative estimate of drug-likeness (QED) is 0.643. The molecule has 1 heterocycles. The van der Waals surface area contributed by atoms with Gasteiger partial charge in [-0.1, -0.05) is 27.7 Å². The number of halogens is 1. The largest absolute Gasteiger partial charge is 0.378 e. The Balaban J connectivity index is 1.45. The summed E-state index contributed by atoms with van der Waals surface area (Å²) in [7, 11) is 0. The minimum Gasteiger partial charge on any atom is -0.378 e. The van der Waals surface area contributed by atoms with Crippen LogP contribution in [0.2, 0.25) is 0 Å². The fourth-order valence-corrected chi connectivity index (χ4v) is 4.20. The number of nitrogens with zero attached hydrogens (tertiary/aromatic N) is 1. The zero-order chi connectivity index (χ0) is 19.1. The first kappa shape index (κ1) is 20.4. The molecule has 0 radical (unpaired) electrons. The lowest BCUT2D eigenvalue weighted by molar-refractivity contribution is -0.118. The van der Waals surface area contributed by atoms with Crippen LogP contribution in [0.5, 0.6) is 0 Å². The van der Waals surface area contributed by atoms with Gasteiger partial charge in [0.25, 0.3) is 0 Å². The molecule has 1 amide bonds. The molecule has 2 aromatic carbocycles. The van der Waals surface area contributed by atoms with Crippen molar-refractivity contribution in [3.8, 4) is 0 Å². The van der Waals surface area contributed by atoms with Crippen LogP contribution in [0.1, 0.15) is 19.8 Å². The van der Waals surface area contributed by atoms with Crippen LogP contribution in [-0.2, 0) is 9.53 Å². The summed E-state index contributed by atoms with van der Waals surface area (Å²) in [6, 6.07) is 16.2. The molecule has 0 bridgehead atoms. The Bertz CT molecular complexity index is 729. The van der Waals surface area contributed by atoms with Crippen LogP contribution in [0.3, 0.4) is 0 Å². The summed E-state index contributed by atoms with van der Waals surface area (Å²) in [5.74, 6) is 0.0400. The van der Waals surface area contributed by atoms with E-state index in [1.54, 1.807) is 11.8 Å². The Labute approximate surface area is 173 Å². The first-order valence-corrected chi connectivity index (χ1v) is 10.9. The van der Waals surface area contributed by atoms with E-state index in [9.17, 15) is 4.79 Å². The number of hydrogen-bond acceptors (Lipinski definition) is 4. The first-order chi connectivity index (χ1) is 13.1. The summed E-state index contributed by atoms with van der Waals surface area (Å²) in [5.41, 5.74) is 0.837. The van der Waals surface area contributed by atoms with E-state index >= 15 is 0 Å². The zero-order valence-electron chi connectivity index (χ0n) is 15.5. The van der Waals surface area contributed by atoms with Gasteiger partial charge >= 0.3 is 0 Å². The fourth-order valence-electron chi connectivity index (χ4n) is 3.12. The van der Waals surface area contributed by atoms with Crippen LogP contribution in [0.4, 0.5) is 5.69 Å². The zero-order valence-corrected chi connectivity index (χ0v) is 17.9. The second kappa shape index (κ2) is 10.3. The molecule has 144 valence electrons. The van der Waals surface area contributed by atoms with Gasteiger partial charge in [-0.25, -0.2) is 0 Å². The summed E-state index contributed by atoms with van der Waals surface area (Å²) in [4.78, 5) is 16.8. The van der Waals surface area contributed by atoms with E-state index in [1.165, 1.54) is 4.90 Å². The van der Waals surface area contributed by atoms with E-state index < -0.39 is 0 Å². The molecule has 27 heavy (non-hydrogen) atoms. The number of likely N-dealkylation sites (tertiary alicyclic amines) is 1. The third-order valence-electron chi connectivity index (χ3n) is 4.49. The van der Waals surface area contributed by atoms with Gasteiger partial charge < -0.3 is 10.1 Å². The van der Waals surface area contributed by atoms with Crippen molar-refractivity contribution in [1.82, 2.24) is 4.90 Å². The third kappa shape index (κ3) is 6.64. The molecule has 0 aliphatic carbocycles. The minimum absolute atomic E-state index is 0.0400. The predicted molar refractivity (Wildman–Crippen MR) is 114 cm³/mol. The molecular formula is C21H25BrN2O2S. The van der Waals surface area contributed by atoms with Gasteiger partial charge in [-0.3, -0.25) is 9.69 Å². The Morgan fingerprint density at radius 3 is 2.30 bits per heavy atom. The molecule has 1 aliphatic rings. The van der Waals surface area contributed by atoms with Crippen molar-refractivity contribution in [3.63, 3.8) is 0 Å². The van der Waals surface area contributed by atoms with E-state index in [1.807, 2.05) is 43.3 Å². The number of rotatable bonds is 7. The molecule has 3 rings (SSSR count). The van der Waals surface area contributed by atoms with E-state index in [0.717, 1.165) is 47.6 Å². The molecule has 0 saturated carbocycles. The average Bonchev–Trinajstić information content (AvgIpc) is 2.67. The third-order valence-corrected chi connectivity index (χ3v) is 6.04. The highest BCUT2D eigenvalue weighted by atomic mass is 79.9. The number of benzene rings is 2. The molecule has 1 aliphatic heterocycles. The Hall–Kier alpha value is -1.34. The maximum atomic E-state index is 12.3. The van der Waals surface area contributed by atoms with Gasteiger partial charge in [-0.2, -0.15) is 0 Å². The molecule has 1 fully saturated rings. The predicted octanol–water partition coefficient (Wildman–Crippen LogP) is 5.04. The van der Waals surface area contributed by atoms with E-state index in [0.29, 0.717) is 12.6 Å². The molecule has 1 N–H and O–H groups in total. The maximum absolute atomic E-state index is 12.3. The Kier molecular flexibility index (Phi) is 7.76. The molecule has 6 heteroatoms. The number of nitrogens with one attached hydrogen (secondary N) is 1. The highest BCUT2D eigenvalue weighted by Gasteiger charge is 2.20. The number of carbonyl (C=O) groups is 1. The normalized spacial score (nSPS) is 15.6. The summed E-state index contributed by atoms with van der Waals surface area (Å²) in [6.45, 7) is 5.07. The fraction of sp³-hybridized carbons (Fsp3) is 0.381. The van der Waals surface area contributed by atoms with Crippen LogP contribution >= 0.6 is 27.7 Å². The van der Waals surface area contributed by atoms with Crippen molar-refractivity contribution in [1.29, 1.82) is 0 Å². The maximum Gasteiger partial charge on any atom is 0.238 e. The van der Waals surface area contributed by atoms with Crippen molar-refractivity contribution in [2.75, 3.05) is 31.6 Å². The van der Waals surface area contributed by atoms with Gasteiger partial charge in [-0.05, 0) is 68.3 Å². The number of amides is 1. The van der Waals surface area contributed by atoms with Gasteiger partial charge in [0.1, 0.15) is 0 Å². The van der Waals surface area contributed by atoms with E-state index in [2.05, 4.69) is 38.3 Å². The molecule has 0 spiro atoms. The molecule has 0 unspecified atom stereocenters. The molecule has 0 aromatic heterocycles. The summed E-state index contributed by atoms with van der Waals surface area (Å²) in [5, 5.41) is 3.00. The Morgan fingerprint density at radius 2 is 1.70 bits per heavy atom. The molecule has 2 aromatic rings. The molecule has 4 nitrogen and oxygen atoms in total. The summed E-state index contributed by atoms with van der Waals surface area (Å²) in [6.07, 6.45) is 2.36. The lowest BCUT2D eigenvalue weighted by Gasteiger charge is -2.31. The second-order valence-corrected chi connectivity index (χ2v) is 8.62. The smallest absolute Gasteiger partial charge is 0.238 e. The molecular weight excluding hydrogens is 424 g/mol. The molecule has 1 saturated heterocycles. The number of piperidine rings is 1. The van der Waals surface area contributed by atoms with E-state index in [-0.39, 0.29) is 5.91 Å². The lowest BCUT2D eigenvalue weighted by atomic mass is 10.1. The SMILES string of the molecule is CCOC1CCN(CC(=O)Nc2ccc(Sc3ccc(Br)cc3)cc2)CC1. The van der Waals surface area contributed by atoms with Crippen molar-refractivity contribution in [3.05, 3.63) is 53.0 Å². The lowest BCUT2D eigenvalue weighted by Crippen LogP contribution is -2.41. The van der Waals surface area contributed by atoms with Crippen LogP contribution in [0, 0.1) is 0 Å². The number of carbonyl (C=O) groups excluding carboxylic acids is 1. The van der Waals surface area contributed by atoms with Gasteiger partial charge in [0.15, 0.2) is 0 Å². The van der Waals surface area contributed by atoms with Crippen molar-refractivity contribution in [2.24, 2.45) is 0 Å². The van der Waals surface area contributed by atoms with Crippen LogP contribution in [-0.4, -0.2) is 43.2 Å². The minimum atomic E-state index is 0.0400.